The summed E-state index contributed by atoms with van der Waals surface area (Å²) in [4.78, 5) is 0. The predicted molar refractivity (Wildman–Crippen MR) is 97.3 cm³/mol. The van der Waals surface area contributed by atoms with Gasteiger partial charge in [0.15, 0.2) is 0 Å². The third kappa shape index (κ3) is 2.98. The van der Waals surface area contributed by atoms with Gasteiger partial charge in [0, 0.05) is 5.41 Å². The fourth-order valence-electron chi connectivity index (χ4n) is 3.40. The van der Waals surface area contributed by atoms with Crippen LogP contribution in [0.2, 0.25) is 0 Å². The van der Waals surface area contributed by atoms with Crippen molar-refractivity contribution in [3.8, 4) is 0 Å². The molecule has 0 aliphatic carbocycles. The molecule has 0 amide bonds. The first kappa shape index (κ1) is 15.3. The fourth-order valence-corrected chi connectivity index (χ4v) is 3.40. The van der Waals surface area contributed by atoms with E-state index in [1.807, 2.05) is 0 Å². The number of rotatable bonds is 6. The maximum absolute atomic E-state index is 5.74. The van der Waals surface area contributed by atoms with Gasteiger partial charge in [0.1, 0.15) is 0 Å². The molecule has 0 heteroatoms. The predicted octanol–water partition coefficient (Wildman–Crippen LogP) is 5.79. The van der Waals surface area contributed by atoms with E-state index in [0.717, 1.165) is 12.8 Å². The molecule has 0 atom stereocenters. The summed E-state index contributed by atoms with van der Waals surface area (Å²) in [5.74, 6) is 0. The molecule has 3 aromatic carbocycles. The van der Waals surface area contributed by atoms with Gasteiger partial charge < -0.3 is 0 Å². The van der Waals surface area contributed by atoms with E-state index in [2.05, 4.69) is 91.0 Å². The van der Waals surface area contributed by atoms with Crippen molar-refractivity contribution in [2.75, 3.05) is 0 Å². The maximum atomic E-state index is 5.74. The molecule has 3 aromatic rings. The quantitative estimate of drug-likeness (QED) is 0.505. The largest absolute Gasteiger partial charge is 0.0845 e. The SMILES string of the molecule is [CH]=CCCC(c1ccccc1)(c1ccccc1)c1ccccc1. The Hall–Kier alpha value is -2.60. The molecular formula is C23H21. The highest BCUT2D eigenvalue weighted by Crippen LogP contribution is 2.42. The molecule has 0 unspecified atom stereocenters. The van der Waals surface area contributed by atoms with Crippen LogP contribution in [-0.4, -0.2) is 0 Å². The van der Waals surface area contributed by atoms with Crippen molar-refractivity contribution in [1.29, 1.82) is 0 Å². The molecule has 0 aromatic heterocycles. The van der Waals surface area contributed by atoms with Crippen molar-refractivity contribution in [3.05, 3.63) is 120 Å². The highest BCUT2D eigenvalue weighted by atomic mass is 14.4. The Balaban J connectivity index is 2.27. The smallest absolute Gasteiger partial charge is 0.0454 e. The summed E-state index contributed by atoms with van der Waals surface area (Å²) in [6, 6.07) is 32.2. The van der Waals surface area contributed by atoms with Crippen molar-refractivity contribution in [2.45, 2.75) is 18.3 Å². The number of benzene rings is 3. The molecule has 0 bridgehead atoms. The van der Waals surface area contributed by atoms with E-state index >= 15 is 0 Å². The second kappa shape index (κ2) is 7.11. The zero-order chi connectivity index (χ0) is 16.0. The van der Waals surface area contributed by atoms with E-state index < -0.39 is 0 Å². The Morgan fingerprint density at radius 1 is 0.609 bits per heavy atom. The Morgan fingerprint density at radius 2 is 0.957 bits per heavy atom. The van der Waals surface area contributed by atoms with Crippen LogP contribution in [0.25, 0.3) is 0 Å². The Labute approximate surface area is 139 Å². The van der Waals surface area contributed by atoms with E-state index in [-0.39, 0.29) is 5.41 Å². The van der Waals surface area contributed by atoms with E-state index in [4.69, 9.17) is 6.58 Å². The van der Waals surface area contributed by atoms with Crippen molar-refractivity contribution >= 4 is 0 Å². The van der Waals surface area contributed by atoms with Crippen molar-refractivity contribution < 1.29 is 0 Å². The van der Waals surface area contributed by atoms with Gasteiger partial charge in [-0.25, -0.2) is 0 Å². The van der Waals surface area contributed by atoms with Gasteiger partial charge >= 0.3 is 0 Å². The normalized spacial score (nSPS) is 11.1. The standard InChI is InChI=1S/C23H21/c1-2-3-19-23(20-13-7-4-8-14-20,21-15-9-5-10-16-21)22-17-11-6-12-18-22/h1-2,4-18H,3,19H2. The number of hydrogen-bond acceptors (Lipinski definition) is 0. The lowest BCUT2D eigenvalue weighted by Crippen LogP contribution is -2.29. The molecule has 1 radical (unpaired) electrons. The molecule has 0 heterocycles. The van der Waals surface area contributed by atoms with Crippen molar-refractivity contribution in [2.24, 2.45) is 0 Å². The lowest BCUT2D eigenvalue weighted by molar-refractivity contribution is 0.566. The molecule has 3 rings (SSSR count). The maximum Gasteiger partial charge on any atom is 0.0454 e. The lowest BCUT2D eigenvalue weighted by Gasteiger charge is -2.36. The molecule has 0 N–H and O–H groups in total. The summed E-state index contributed by atoms with van der Waals surface area (Å²) >= 11 is 0. The Morgan fingerprint density at radius 3 is 1.26 bits per heavy atom. The van der Waals surface area contributed by atoms with Gasteiger partial charge in [-0.3, -0.25) is 0 Å². The van der Waals surface area contributed by atoms with Crippen molar-refractivity contribution in [1.82, 2.24) is 0 Å². The van der Waals surface area contributed by atoms with Crippen LogP contribution in [0.15, 0.2) is 97.1 Å². The van der Waals surface area contributed by atoms with E-state index in [9.17, 15) is 0 Å². The molecule has 113 valence electrons. The lowest BCUT2D eigenvalue weighted by atomic mass is 9.67. The molecule has 0 saturated heterocycles. The van der Waals surface area contributed by atoms with E-state index in [1.165, 1.54) is 16.7 Å². The monoisotopic (exact) mass is 297 g/mol. The van der Waals surface area contributed by atoms with Gasteiger partial charge in [0.2, 0.25) is 0 Å². The van der Waals surface area contributed by atoms with Crippen LogP contribution in [0.3, 0.4) is 0 Å². The molecule has 0 fully saturated rings. The summed E-state index contributed by atoms with van der Waals surface area (Å²) in [5.41, 5.74) is 3.73. The van der Waals surface area contributed by atoms with Gasteiger partial charge in [-0.05, 0) is 29.5 Å². The van der Waals surface area contributed by atoms with Crippen LogP contribution < -0.4 is 0 Å². The van der Waals surface area contributed by atoms with Gasteiger partial charge in [-0.2, -0.15) is 0 Å². The highest BCUT2D eigenvalue weighted by Gasteiger charge is 2.35. The molecule has 0 aliphatic heterocycles. The first-order valence-corrected chi connectivity index (χ1v) is 8.08. The van der Waals surface area contributed by atoms with Gasteiger partial charge in [-0.1, -0.05) is 104 Å². The topological polar surface area (TPSA) is 0 Å². The fraction of sp³-hybridized carbons (Fsp3) is 0.130. The molecule has 0 nitrogen and oxygen atoms in total. The second-order valence-corrected chi connectivity index (χ2v) is 5.78. The zero-order valence-electron chi connectivity index (χ0n) is 13.2. The molecule has 0 saturated carbocycles. The molecule has 0 spiro atoms. The van der Waals surface area contributed by atoms with Crippen LogP contribution in [0.4, 0.5) is 0 Å². The average molecular weight is 297 g/mol. The Kier molecular flexibility index (Phi) is 4.73. The first-order valence-electron chi connectivity index (χ1n) is 8.08. The summed E-state index contributed by atoms with van der Waals surface area (Å²) in [6.07, 6.45) is 3.57. The zero-order valence-corrected chi connectivity index (χ0v) is 13.2. The third-order valence-electron chi connectivity index (χ3n) is 4.49. The number of hydrogen-bond donors (Lipinski definition) is 0. The summed E-state index contributed by atoms with van der Waals surface area (Å²) in [6.45, 7) is 5.74. The van der Waals surface area contributed by atoms with Crippen LogP contribution in [0.1, 0.15) is 29.5 Å². The summed E-state index contributed by atoms with van der Waals surface area (Å²) < 4.78 is 0. The second-order valence-electron chi connectivity index (χ2n) is 5.78. The summed E-state index contributed by atoms with van der Waals surface area (Å²) in [5, 5.41) is 0. The minimum absolute atomic E-state index is 0.181. The third-order valence-corrected chi connectivity index (χ3v) is 4.49. The van der Waals surface area contributed by atoms with Gasteiger partial charge in [0.25, 0.3) is 0 Å². The number of allylic oxidation sites excluding steroid dienone is 1. The highest BCUT2D eigenvalue weighted by molar-refractivity contribution is 5.50. The van der Waals surface area contributed by atoms with Crippen LogP contribution >= 0.6 is 0 Å². The van der Waals surface area contributed by atoms with Gasteiger partial charge in [-0.15, -0.1) is 0 Å². The Bertz CT molecular complexity index is 630. The van der Waals surface area contributed by atoms with E-state index in [0.29, 0.717) is 0 Å². The van der Waals surface area contributed by atoms with Crippen LogP contribution in [0, 0.1) is 6.58 Å². The minimum atomic E-state index is -0.181. The minimum Gasteiger partial charge on any atom is -0.0845 e. The molecule has 0 aliphatic rings. The van der Waals surface area contributed by atoms with Crippen molar-refractivity contribution in [3.63, 3.8) is 0 Å². The van der Waals surface area contributed by atoms with Gasteiger partial charge in [0.05, 0.1) is 0 Å². The molecule has 23 heavy (non-hydrogen) atoms. The first-order chi connectivity index (χ1) is 11.4. The summed E-state index contributed by atoms with van der Waals surface area (Å²) in [7, 11) is 0. The van der Waals surface area contributed by atoms with Crippen LogP contribution in [0.5, 0.6) is 0 Å². The van der Waals surface area contributed by atoms with E-state index in [1.54, 1.807) is 6.08 Å². The van der Waals surface area contributed by atoms with Crippen LogP contribution in [-0.2, 0) is 5.41 Å². The molecular weight excluding hydrogens is 276 g/mol. The average Bonchev–Trinajstić information content (AvgIpc) is 2.65.